The van der Waals surface area contributed by atoms with E-state index in [0.717, 1.165) is 30.2 Å². The van der Waals surface area contributed by atoms with Gasteiger partial charge in [0.1, 0.15) is 11.9 Å². The van der Waals surface area contributed by atoms with Gasteiger partial charge in [-0.2, -0.15) is 0 Å². The monoisotopic (exact) mass is 379 g/mol. The Balaban J connectivity index is 1.42. The van der Waals surface area contributed by atoms with Gasteiger partial charge in [0, 0.05) is 36.3 Å². The van der Waals surface area contributed by atoms with Crippen molar-refractivity contribution < 1.29 is 9.50 Å². The highest BCUT2D eigenvalue weighted by molar-refractivity contribution is 5.87. The standard InChI is InChI=1S/C21H22FN5O/c1-27(18-10-13-4-5-16(24-13)21(18)22)20-7-6-15(25-26-20)14-11-17-12(9-19(14)28)3-2-8-23-17/h2-3,6-9,11,13,16,18,21,24,28H,4-5,10H2,1H3/t13-,16+,18-,21+/m0/s1. The topological polar surface area (TPSA) is 74.2 Å². The number of fused-ring (bicyclic) bond motifs is 3. The molecule has 0 aliphatic carbocycles. The van der Waals surface area contributed by atoms with Crippen LogP contribution >= 0.6 is 0 Å². The highest BCUT2D eigenvalue weighted by atomic mass is 19.1. The number of aromatic hydroxyl groups is 1. The number of rotatable bonds is 3. The zero-order valence-corrected chi connectivity index (χ0v) is 15.6. The molecular formula is C21H22FN5O. The molecule has 2 aliphatic rings. The van der Waals surface area contributed by atoms with Gasteiger partial charge in [-0.1, -0.05) is 6.07 Å². The minimum Gasteiger partial charge on any atom is -0.507 e. The lowest BCUT2D eigenvalue weighted by molar-refractivity contribution is 0.176. The van der Waals surface area contributed by atoms with Crippen LogP contribution in [0.3, 0.4) is 0 Å². The molecule has 0 radical (unpaired) electrons. The van der Waals surface area contributed by atoms with Crippen molar-refractivity contribution in [2.45, 2.75) is 43.6 Å². The number of aromatic nitrogens is 3. The van der Waals surface area contributed by atoms with Crippen LogP contribution in [0.4, 0.5) is 10.2 Å². The first-order valence-corrected chi connectivity index (χ1v) is 9.65. The van der Waals surface area contributed by atoms with E-state index in [0.29, 0.717) is 23.1 Å². The molecule has 28 heavy (non-hydrogen) atoms. The number of anilines is 1. The first-order valence-electron chi connectivity index (χ1n) is 9.65. The van der Waals surface area contributed by atoms with Gasteiger partial charge in [0.05, 0.1) is 17.3 Å². The summed E-state index contributed by atoms with van der Waals surface area (Å²) in [6.07, 6.45) is 3.51. The number of nitrogens with one attached hydrogen (secondary N) is 1. The summed E-state index contributed by atoms with van der Waals surface area (Å²) in [5.41, 5.74) is 1.92. The molecule has 2 N–H and O–H groups in total. The molecule has 5 rings (SSSR count). The third-order valence-corrected chi connectivity index (χ3v) is 6.06. The van der Waals surface area contributed by atoms with Crippen LogP contribution in [-0.2, 0) is 0 Å². The van der Waals surface area contributed by atoms with Crippen molar-refractivity contribution >= 4 is 16.7 Å². The maximum Gasteiger partial charge on any atom is 0.151 e. The van der Waals surface area contributed by atoms with Gasteiger partial charge in [-0.3, -0.25) is 4.98 Å². The fraction of sp³-hybridized carbons (Fsp3) is 0.381. The second-order valence-electron chi connectivity index (χ2n) is 7.75. The average molecular weight is 379 g/mol. The Kier molecular flexibility index (Phi) is 4.12. The molecule has 3 aromatic rings. The lowest BCUT2D eigenvalue weighted by Crippen LogP contribution is -2.55. The number of pyridine rings is 1. The number of piperidine rings is 1. The molecule has 6 nitrogen and oxygen atoms in total. The van der Waals surface area contributed by atoms with Gasteiger partial charge in [-0.15, -0.1) is 10.2 Å². The summed E-state index contributed by atoms with van der Waals surface area (Å²) in [5.74, 6) is 0.769. The summed E-state index contributed by atoms with van der Waals surface area (Å²) in [6.45, 7) is 0. The molecule has 0 saturated carbocycles. The molecule has 4 atom stereocenters. The summed E-state index contributed by atoms with van der Waals surface area (Å²) in [7, 11) is 1.88. The Morgan fingerprint density at radius 2 is 2.07 bits per heavy atom. The smallest absolute Gasteiger partial charge is 0.151 e. The molecule has 0 spiro atoms. The van der Waals surface area contributed by atoms with Crippen LogP contribution in [0.5, 0.6) is 5.75 Å². The average Bonchev–Trinajstić information content (AvgIpc) is 3.13. The van der Waals surface area contributed by atoms with Gasteiger partial charge in [0.2, 0.25) is 0 Å². The molecule has 2 saturated heterocycles. The summed E-state index contributed by atoms with van der Waals surface area (Å²) in [6, 6.07) is 11.0. The number of benzene rings is 1. The molecule has 2 aliphatic heterocycles. The van der Waals surface area contributed by atoms with Crippen LogP contribution in [0.1, 0.15) is 19.3 Å². The van der Waals surface area contributed by atoms with Crippen molar-refractivity contribution in [3.8, 4) is 17.0 Å². The second-order valence-corrected chi connectivity index (χ2v) is 7.75. The lowest BCUT2D eigenvalue weighted by atomic mass is 9.96. The number of phenols is 1. The van der Waals surface area contributed by atoms with E-state index in [-0.39, 0.29) is 17.8 Å². The lowest BCUT2D eigenvalue weighted by Gasteiger charge is -2.38. The summed E-state index contributed by atoms with van der Waals surface area (Å²) in [4.78, 5) is 6.23. The molecule has 0 amide bonds. The maximum atomic E-state index is 14.8. The quantitative estimate of drug-likeness (QED) is 0.729. The highest BCUT2D eigenvalue weighted by Crippen LogP contribution is 2.34. The fourth-order valence-corrected chi connectivity index (χ4v) is 4.49. The van der Waals surface area contributed by atoms with E-state index in [9.17, 15) is 9.50 Å². The minimum atomic E-state index is -0.916. The molecule has 1 aromatic carbocycles. The van der Waals surface area contributed by atoms with Crippen molar-refractivity contribution in [3.63, 3.8) is 0 Å². The van der Waals surface area contributed by atoms with Gasteiger partial charge in [-0.25, -0.2) is 4.39 Å². The fourth-order valence-electron chi connectivity index (χ4n) is 4.49. The van der Waals surface area contributed by atoms with E-state index in [1.165, 1.54) is 0 Å². The first-order chi connectivity index (χ1) is 13.6. The number of hydrogen-bond donors (Lipinski definition) is 2. The molecule has 7 heteroatoms. The normalized spacial score (nSPS) is 26.5. The molecule has 2 bridgehead atoms. The molecule has 2 aromatic heterocycles. The molecular weight excluding hydrogens is 357 g/mol. The van der Waals surface area contributed by atoms with E-state index in [2.05, 4.69) is 20.5 Å². The largest absolute Gasteiger partial charge is 0.507 e. The highest BCUT2D eigenvalue weighted by Gasteiger charge is 2.43. The summed E-state index contributed by atoms with van der Waals surface area (Å²) in [5, 5.41) is 23.2. The van der Waals surface area contributed by atoms with E-state index in [4.69, 9.17) is 0 Å². The van der Waals surface area contributed by atoms with Crippen molar-refractivity contribution in [2.75, 3.05) is 11.9 Å². The summed E-state index contributed by atoms with van der Waals surface area (Å²) >= 11 is 0. The number of halogens is 1. The predicted octanol–water partition coefficient (Wildman–Crippen LogP) is 3.06. The van der Waals surface area contributed by atoms with Crippen LogP contribution < -0.4 is 10.2 Å². The van der Waals surface area contributed by atoms with Crippen molar-refractivity contribution in [2.24, 2.45) is 0 Å². The van der Waals surface area contributed by atoms with Crippen LogP contribution in [-0.4, -0.2) is 51.6 Å². The zero-order valence-electron chi connectivity index (χ0n) is 15.6. The second kappa shape index (κ2) is 6.67. The molecule has 144 valence electrons. The molecule has 2 fully saturated rings. The zero-order chi connectivity index (χ0) is 19.3. The maximum absolute atomic E-state index is 14.8. The van der Waals surface area contributed by atoms with Crippen molar-refractivity contribution in [3.05, 3.63) is 42.6 Å². The van der Waals surface area contributed by atoms with Crippen LogP contribution in [0.2, 0.25) is 0 Å². The third kappa shape index (κ3) is 2.86. The van der Waals surface area contributed by atoms with E-state index in [1.54, 1.807) is 18.3 Å². The predicted molar refractivity (Wildman–Crippen MR) is 106 cm³/mol. The van der Waals surface area contributed by atoms with Crippen molar-refractivity contribution in [1.29, 1.82) is 0 Å². The van der Waals surface area contributed by atoms with Gasteiger partial charge in [0.25, 0.3) is 0 Å². The van der Waals surface area contributed by atoms with E-state index >= 15 is 0 Å². The Labute approximate surface area is 162 Å². The van der Waals surface area contributed by atoms with E-state index < -0.39 is 6.17 Å². The number of hydrogen-bond acceptors (Lipinski definition) is 6. The molecule has 0 unspecified atom stereocenters. The SMILES string of the molecule is CN(c1ccc(-c2cc3ncccc3cc2O)nn1)[C@H]1C[C@@H]2CC[C@@H](N2)[C@H]1F. The van der Waals surface area contributed by atoms with E-state index in [1.807, 2.05) is 36.2 Å². The number of nitrogens with zero attached hydrogens (tertiary/aromatic N) is 4. The van der Waals surface area contributed by atoms with Gasteiger partial charge >= 0.3 is 0 Å². The summed E-state index contributed by atoms with van der Waals surface area (Å²) < 4.78 is 14.8. The molecule has 4 heterocycles. The van der Waals surface area contributed by atoms with Gasteiger partial charge < -0.3 is 15.3 Å². The van der Waals surface area contributed by atoms with Crippen LogP contribution in [0, 0.1) is 0 Å². The Hall–Kier alpha value is -2.80. The Bertz CT molecular complexity index is 1010. The Morgan fingerprint density at radius 1 is 1.18 bits per heavy atom. The first kappa shape index (κ1) is 17.3. The van der Waals surface area contributed by atoms with Gasteiger partial charge in [0.15, 0.2) is 5.82 Å². The Morgan fingerprint density at radius 3 is 2.89 bits per heavy atom. The number of phenolic OH excluding ortho intramolecular Hbond substituents is 1. The third-order valence-electron chi connectivity index (χ3n) is 6.06. The number of alkyl halides is 1. The van der Waals surface area contributed by atoms with Crippen molar-refractivity contribution in [1.82, 2.24) is 20.5 Å². The van der Waals surface area contributed by atoms with Gasteiger partial charge in [-0.05, 0) is 49.6 Å². The minimum absolute atomic E-state index is 0.0551. The van der Waals surface area contributed by atoms with Crippen LogP contribution in [0.15, 0.2) is 42.6 Å². The van der Waals surface area contributed by atoms with Crippen LogP contribution in [0.25, 0.3) is 22.2 Å².